The molecule has 1 N–H and O–H groups in total. The highest BCUT2D eigenvalue weighted by atomic mass is 19.4. The largest absolute Gasteiger partial charge is 0.497 e. The molecule has 0 saturated carbocycles. The average Bonchev–Trinajstić information content (AvgIpc) is 2.61. The Morgan fingerprint density at radius 1 is 1.11 bits per heavy atom. The van der Waals surface area contributed by atoms with Crippen LogP contribution in [0.25, 0.3) is 0 Å². The van der Waals surface area contributed by atoms with Crippen molar-refractivity contribution in [2.75, 3.05) is 27.2 Å². The quantitative estimate of drug-likeness (QED) is 0.762. The molecule has 0 radical (unpaired) electrons. The molecule has 0 fully saturated rings. The van der Waals surface area contributed by atoms with Crippen molar-refractivity contribution in [3.63, 3.8) is 0 Å². The Bertz CT molecular complexity index is 746. The molecular formula is C20H23F3N2O2. The summed E-state index contributed by atoms with van der Waals surface area (Å²) in [6, 6.07) is 12.7. The predicted molar refractivity (Wildman–Crippen MR) is 97.5 cm³/mol. The molecule has 0 atom stereocenters. The molecule has 0 heterocycles. The monoisotopic (exact) mass is 380 g/mol. The van der Waals surface area contributed by atoms with E-state index in [-0.39, 0.29) is 19.0 Å². The number of hydrogen-bond acceptors (Lipinski definition) is 3. The molecule has 0 aliphatic rings. The van der Waals surface area contributed by atoms with E-state index in [2.05, 4.69) is 5.32 Å². The van der Waals surface area contributed by atoms with Gasteiger partial charge in [-0.1, -0.05) is 30.3 Å². The third-order valence-electron chi connectivity index (χ3n) is 4.02. The van der Waals surface area contributed by atoms with Gasteiger partial charge in [0.1, 0.15) is 5.75 Å². The van der Waals surface area contributed by atoms with Gasteiger partial charge >= 0.3 is 6.18 Å². The van der Waals surface area contributed by atoms with E-state index in [1.165, 1.54) is 6.07 Å². The maximum Gasteiger partial charge on any atom is 0.416 e. The highest BCUT2D eigenvalue weighted by Crippen LogP contribution is 2.29. The topological polar surface area (TPSA) is 41.6 Å². The van der Waals surface area contributed by atoms with Crippen molar-refractivity contribution in [3.05, 3.63) is 65.2 Å². The minimum atomic E-state index is -4.37. The fourth-order valence-corrected chi connectivity index (χ4v) is 2.65. The number of carbonyl (C=O) groups is 1. The van der Waals surface area contributed by atoms with Gasteiger partial charge in [-0.05, 0) is 42.8 Å². The number of methoxy groups -OCH3 is 1. The Morgan fingerprint density at radius 3 is 2.44 bits per heavy atom. The highest BCUT2D eigenvalue weighted by Gasteiger charge is 2.30. The zero-order chi connectivity index (χ0) is 19.9. The number of hydrogen-bond donors (Lipinski definition) is 1. The van der Waals surface area contributed by atoms with Crippen molar-refractivity contribution >= 4 is 5.91 Å². The number of ether oxygens (including phenoxy) is 1. The first kappa shape index (κ1) is 20.8. The summed E-state index contributed by atoms with van der Waals surface area (Å²) >= 11 is 0. The third kappa shape index (κ3) is 6.94. The predicted octanol–water partition coefficient (Wildman–Crippen LogP) is 3.50. The van der Waals surface area contributed by atoms with Crippen LogP contribution in [0.4, 0.5) is 13.2 Å². The van der Waals surface area contributed by atoms with Crippen LogP contribution < -0.4 is 10.1 Å². The molecule has 7 heteroatoms. The number of carbonyl (C=O) groups excluding carboxylic acids is 1. The van der Waals surface area contributed by atoms with Crippen molar-refractivity contribution in [2.45, 2.75) is 19.1 Å². The number of alkyl halides is 3. The second-order valence-corrected chi connectivity index (χ2v) is 6.32. The summed E-state index contributed by atoms with van der Waals surface area (Å²) in [6.07, 6.45) is -3.68. The maximum atomic E-state index is 12.8. The molecule has 146 valence electrons. The summed E-state index contributed by atoms with van der Waals surface area (Å²) in [5, 5.41) is 2.82. The summed E-state index contributed by atoms with van der Waals surface area (Å²) in [5.41, 5.74) is 0.907. The lowest BCUT2D eigenvalue weighted by molar-refractivity contribution is -0.137. The second-order valence-electron chi connectivity index (χ2n) is 6.32. The SMILES string of the molecule is COc1ccc(CCNC(=O)CN(C)Cc2cccc(C(F)(F)F)c2)cc1. The fourth-order valence-electron chi connectivity index (χ4n) is 2.65. The van der Waals surface area contributed by atoms with Gasteiger partial charge in [0.2, 0.25) is 5.91 Å². The van der Waals surface area contributed by atoms with Crippen molar-refractivity contribution in [2.24, 2.45) is 0 Å². The van der Waals surface area contributed by atoms with Crippen molar-refractivity contribution in [1.82, 2.24) is 10.2 Å². The number of amides is 1. The third-order valence-corrected chi connectivity index (χ3v) is 4.02. The van der Waals surface area contributed by atoms with Gasteiger partial charge in [0.15, 0.2) is 0 Å². The maximum absolute atomic E-state index is 12.8. The molecule has 4 nitrogen and oxygen atoms in total. The van der Waals surface area contributed by atoms with Crippen LogP contribution in [-0.2, 0) is 23.9 Å². The summed E-state index contributed by atoms with van der Waals surface area (Å²) < 4.78 is 43.4. The number of nitrogens with zero attached hydrogens (tertiary/aromatic N) is 1. The van der Waals surface area contributed by atoms with Crippen LogP contribution in [0, 0.1) is 0 Å². The van der Waals surface area contributed by atoms with Crippen LogP contribution in [0.1, 0.15) is 16.7 Å². The van der Waals surface area contributed by atoms with E-state index in [4.69, 9.17) is 4.74 Å². The molecule has 0 aliphatic carbocycles. The van der Waals surface area contributed by atoms with E-state index in [9.17, 15) is 18.0 Å². The van der Waals surface area contributed by atoms with E-state index in [1.54, 1.807) is 25.1 Å². The number of benzene rings is 2. The molecule has 2 rings (SSSR count). The first-order valence-electron chi connectivity index (χ1n) is 8.52. The summed E-state index contributed by atoms with van der Waals surface area (Å²) in [4.78, 5) is 13.7. The Balaban J connectivity index is 1.76. The molecule has 27 heavy (non-hydrogen) atoms. The Hall–Kier alpha value is -2.54. The molecule has 0 unspecified atom stereocenters. The standard InChI is InChI=1S/C20H23F3N2O2/c1-25(13-16-4-3-5-17(12-16)20(21,22)23)14-19(26)24-11-10-15-6-8-18(27-2)9-7-15/h3-9,12H,10-11,13-14H2,1-2H3,(H,24,26). The Morgan fingerprint density at radius 2 is 1.81 bits per heavy atom. The molecule has 2 aromatic carbocycles. The molecule has 0 spiro atoms. The van der Waals surface area contributed by atoms with Crippen LogP contribution in [0.5, 0.6) is 5.75 Å². The molecular weight excluding hydrogens is 357 g/mol. The van der Waals surface area contributed by atoms with Gasteiger partial charge in [-0.3, -0.25) is 9.69 Å². The lowest BCUT2D eigenvalue weighted by Crippen LogP contribution is -2.35. The van der Waals surface area contributed by atoms with E-state index in [0.29, 0.717) is 18.5 Å². The van der Waals surface area contributed by atoms with Crippen LogP contribution >= 0.6 is 0 Å². The second kappa shape index (κ2) is 9.41. The lowest BCUT2D eigenvalue weighted by atomic mass is 10.1. The van der Waals surface area contributed by atoms with Crippen molar-refractivity contribution in [3.8, 4) is 5.75 Å². The Kier molecular flexibility index (Phi) is 7.24. The van der Waals surface area contributed by atoms with Gasteiger partial charge in [-0.15, -0.1) is 0 Å². The number of nitrogens with one attached hydrogen (secondary N) is 1. The smallest absolute Gasteiger partial charge is 0.416 e. The minimum Gasteiger partial charge on any atom is -0.497 e. The first-order valence-corrected chi connectivity index (χ1v) is 8.52. The summed E-state index contributed by atoms with van der Waals surface area (Å²) in [5.74, 6) is 0.608. The van der Waals surface area contributed by atoms with Crippen LogP contribution in [0.3, 0.4) is 0 Å². The Labute approximate surface area is 156 Å². The fraction of sp³-hybridized carbons (Fsp3) is 0.350. The van der Waals surface area contributed by atoms with E-state index in [0.717, 1.165) is 23.4 Å². The van der Waals surface area contributed by atoms with Crippen LogP contribution in [0.2, 0.25) is 0 Å². The number of halogens is 3. The molecule has 0 bridgehead atoms. The van der Waals surface area contributed by atoms with Gasteiger partial charge < -0.3 is 10.1 Å². The van der Waals surface area contributed by atoms with Crippen molar-refractivity contribution < 1.29 is 22.7 Å². The molecule has 1 amide bonds. The van der Waals surface area contributed by atoms with Crippen LogP contribution in [0.15, 0.2) is 48.5 Å². The van der Waals surface area contributed by atoms with Gasteiger partial charge in [0.05, 0.1) is 19.2 Å². The summed E-state index contributed by atoms with van der Waals surface area (Å²) in [7, 11) is 3.30. The number of likely N-dealkylation sites (N-methyl/N-ethyl adjacent to an activating group) is 1. The average molecular weight is 380 g/mol. The van der Waals surface area contributed by atoms with Gasteiger partial charge in [0, 0.05) is 13.1 Å². The van der Waals surface area contributed by atoms with E-state index in [1.807, 2.05) is 24.3 Å². The van der Waals surface area contributed by atoms with E-state index >= 15 is 0 Å². The zero-order valence-electron chi connectivity index (χ0n) is 15.3. The molecule has 0 aromatic heterocycles. The van der Waals surface area contributed by atoms with Crippen molar-refractivity contribution in [1.29, 1.82) is 0 Å². The lowest BCUT2D eigenvalue weighted by Gasteiger charge is -2.17. The normalized spacial score (nSPS) is 11.5. The molecule has 2 aromatic rings. The van der Waals surface area contributed by atoms with E-state index < -0.39 is 11.7 Å². The zero-order valence-corrected chi connectivity index (χ0v) is 15.3. The molecule has 0 aliphatic heterocycles. The molecule has 0 saturated heterocycles. The highest BCUT2D eigenvalue weighted by molar-refractivity contribution is 5.77. The number of rotatable bonds is 8. The first-order chi connectivity index (χ1) is 12.8. The summed E-state index contributed by atoms with van der Waals surface area (Å²) in [6.45, 7) is 0.858. The van der Waals surface area contributed by atoms with Crippen LogP contribution in [-0.4, -0.2) is 38.1 Å². The minimum absolute atomic E-state index is 0.110. The van der Waals surface area contributed by atoms with Gasteiger partial charge in [-0.2, -0.15) is 13.2 Å². The van der Waals surface area contributed by atoms with Gasteiger partial charge in [0.25, 0.3) is 0 Å². The van der Waals surface area contributed by atoms with Gasteiger partial charge in [-0.25, -0.2) is 0 Å².